The molecule has 19 heavy (non-hydrogen) atoms. The highest BCUT2D eigenvalue weighted by Crippen LogP contribution is 2.38. The molecule has 106 valence electrons. The average molecular weight is 274 g/mol. The Morgan fingerprint density at radius 2 is 2.11 bits per heavy atom. The zero-order valence-electron chi connectivity index (χ0n) is 10.5. The van der Waals surface area contributed by atoms with Crippen LogP contribution in [0.25, 0.3) is 0 Å². The molecule has 0 radical (unpaired) electrons. The Kier molecular flexibility index (Phi) is 4.29. The zero-order valence-corrected chi connectivity index (χ0v) is 10.5. The molecule has 0 aromatic carbocycles. The molecular weight excluding hydrogens is 257 g/mol. The van der Waals surface area contributed by atoms with Gasteiger partial charge in [-0.3, -0.25) is 0 Å². The number of anilines is 1. The van der Waals surface area contributed by atoms with Crippen LogP contribution in [0.2, 0.25) is 0 Å². The first-order valence-electron chi connectivity index (χ1n) is 6.43. The average Bonchev–Trinajstić information content (AvgIpc) is 2.31. The fourth-order valence-electron chi connectivity index (χ4n) is 2.25. The van der Waals surface area contributed by atoms with Gasteiger partial charge >= 0.3 is 6.18 Å². The number of aromatic nitrogens is 1. The molecule has 0 spiro atoms. The molecule has 1 aliphatic rings. The van der Waals surface area contributed by atoms with Gasteiger partial charge in [0.05, 0.1) is 5.56 Å². The summed E-state index contributed by atoms with van der Waals surface area (Å²) in [4.78, 5) is 5.62. The van der Waals surface area contributed by atoms with Crippen molar-refractivity contribution in [3.8, 4) is 0 Å². The van der Waals surface area contributed by atoms with E-state index in [0.29, 0.717) is 13.0 Å². The highest BCUT2D eigenvalue weighted by atomic mass is 19.4. The van der Waals surface area contributed by atoms with Gasteiger partial charge in [0.25, 0.3) is 0 Å². The standard InChI is InChI=1S/C13H17F3N2O/c14-13(15,16)11-6-2-7-17-12(11)18(8-3-9-19)10-4-1-5-10/h2,6-7,10,19H,1,3-5,8-9H2. The molecule has 6 heteroatoms. The van der Waals surface area contributed by atoms with E-state index in [1.807, 2.05) is 0 Å². The van der Waals surface area contributed by atoms with E-state index in [4.69, 9.17) is 5.11 Å². The molecular formula is C13H17F3N2O. The molecule has 0 atom stereocenters. The molecule has 2 rings (SSSR count). The maximum atomic E-state index is 13.0. The Hall–Kier alpha value is -1.30. The summed E-state index contributed by atoms with van der Waals surface area (Å²) in [6.07, 6.45) is 0.247. The molecule has 0 saturated heterocycles. The van der Waals surface area contributed by atoms with Gasteiger partial charge in [0.2, 0.25) is 0 Å². The fourth-order valence-corrected chi connectivity index (χ4v) is 2.25. The van der Waals surface area contributed by atoms with Crippen molar-refractivity contribution in [3.63, 3.8) is 0 Å². The van der Waals surface area contributed by atoms with Gasteiger partial charge in [-0.1, -0.05) is 0 Å². The predicted molar refractivity (Wildman–Crippen MR) is 65.9 cm³/mol. The van der Waals surface area contributed by atoms with Crippen LogP contribution >= 0.6 is 0 Å². The van der Waals surface area contributed by atoms with Gasteiger partial charge in [0, 0.05) is 25.4 Å². The van der Waals surface area contributed by atoms with Crippen LogP contribution in [0.5, 0.6) is 0 Å². The molecule has 1 heterocycles. The van der Waals surface area contributed by atoms with Crippen molar-refractivity contribution in [2.24, 2.45) is 0 Å². The summed E-state index contributed by atoms with van der Waals surface area (Å²) in [5.41, 5.74) is -0.695. The van der Waals surface area contributed by atoms with Crippen molar-refractivity contribution < 1.29 is 18.3 Å². The SMILES string of the molecule is OCCCN(c1ncccc1C(F)(F)F)C1CCC1. The van der Waals surface area contributed by atoms with Crippen LogP contribution in [-0.2, 0) is 6.18 Å². The van der Waals surface area contributed by atoms with Crippen molar-refractivity contribution in [3.05, 3.63) is 23.9 Å². The second-order valence-corrected chi connectivity index (χ2v) is 4.73. The summed E-state index contributed by atoms with van der Waals surface area (Å²) in [5.74, 6) is -0.00634. The van der Waals surface area contributed by atoms with Crippen LogP contribution < -0.4 is 4.90 Å². The first-order valence-corrected chi connectivity index (χ1v) is 6.43. The van der Waals surface area contributed by atoms with E-state index in [2.05, 4.69) is 4.98 Å². The van der Waals surface area contributed by atoms with Crippen molar-refractivity contribution in [1.29, 1.82) is 0 Å². The smallest absolute Gasteiger partial charge is 0.396 e. The van der Waals surface area contributed by atoms with Crippen LogP contribution in [0.4, 0.5) is 19.0 Å². The highest BCUT2D eigenvalue weighted by molar-refractivity contribution is 5.49. The number of alkyl halides is 3. The van der Waals surface area contributed by atoms with E-state index in [9.17, 15) is 13.2 Å². The number of halogens is 3. The van der Waals surface area contributed by atoms with Crippen molar-refractivity contribution in [1.82, 2.24) is 4.98 Å². The molecule has 0 bridgehead atoms. The Labute approximate surface area is 110 Å². The largest absolute Gasteiger partial charge is 0.419 e. The van der Waals surface area contributed by atoms with E-state index in [-0.39, 0.29) is 18.5 Å². The summed E-state index contributed by atoms with van der Waals surface area (Å²) in [6.45, 7) is 0.374. The third kappa shape index (κ3) is 3.18. The summed E-state index contributed by atoms with van der Waals surface area (Å²) < 4.78 is 39.0. The van der Waals surface area contributed by atoms with Crippen LogP contribution in [0, 0.1) is 0 Å². The van der Waals surface area contributed by atoms with Gasteiger partial charge in [-0.2, -0.15) is 13.2 Å². The molecule has 3 nitrogen and oxygen atoms in total. The van der Waals surface area contributed by atoms with E-state index >= 15 is 0 Å². The Balaban J connectivity index is 2.29. The summed E-state index contributed by atoms with van der Waals surface area (Å²) in [6, 6.07) is 2.48. The Morgan fingerprint density at radius 3 is 2.63 bits per heavy atom. The van der Waals surface area contributed by atoms with Crippen molar-refractivity contribution in [2.45, 2.75) is 37.9 Å². The summed E-state index contributed by atoms with van der Waals surface area (Å²) in [7, 11) is 0. The number of rotatable bonds is 5. The number of hydrogen-bond acceptors (Lipinski definition) is 3. The molecule has 1 aromatic rings. The van der Waals surface area contributed by atoms with Gasteiger partial charge in [0.15, 0.2) is 0 Å². The quantitative estimate of drug-likeness (QED) is 0.897. The first kappa shape index (κ1) is 14.1. The molecule has 1 N–H and O–H groups in total. The van der Waals surface area contributed by atoms with E-state index in [0.717, 1.165) is 25.3 Å². The minimum atomic E-state index is -4.40. The normalized spacial score (nSPS) is 16.2. The maximum absolute atomic E-state index is 13.0. The van der Waals surface area contributed by atoms with Gasteiger partial charge in [-0.25, -0.2) is 4.98 Å². The third-order valence-electron chi connectivity index (χ3n) is 3.44. The monoisotopic (exact) mass is 274 g/mol. The number of pyridine rings is 1. The van der Waals surface area contributed by atoms with Gasteiger partial charge in [-0.15, -0.1) is 0 Å². The molecule has 1 saturated carbocycles. The zero-order chi connectivity index (χ0) is 13.9. The topological polar surface area (TPSA) is 36.4 Å². The second kappa shape index (κ2) is 5.77. The van der Waals surface area contributed by atoms with E-state index in [1.165, 1.54) is 12.3 Å². The lowest BCUT2D eigenvalue weighted by Crippen LogP contribution is -2.42. The van der Waals surface area contributed by atoms with E-state index < -0.39 is 11.7 Å². The van der Waals surface area contributed by atoms with Crippen LogP contribution in [0.3, 0.4) is 0 Å². The van der Waals surface area contributed by atoms with E-state index in [1.54, 1.807) is 4.90 Å². The van der Waals surface area contributed by atoms with Crippen LogP contribution in [0.15, 0.2) is 18.3 Å². The predicted octanol–water partition coefficient (Wildman–Crippen LogP) is 2.84. The minimum Gasteiger partial charge on any atom is -0.396 e. The lowest BCUT2D eigenvalue weighted by atomic mass is 9.91. The highest BCUT2D eigenvalue weighted by Gasteiger charge is 2.37. The lowest BCUT2D eigenvalue weighted by molar-refractivity contribution is -0.137. The van der Waals surface area contributed by atoms with Gasteiger partial charge in [0.1, 0.15) is 5.82 Å². The first-order chi connectivity index (χ1) is 9.04. The Morgan fingerprint density at radius 1 is 1.37 bits per heavy atom. The molecule has 1 fully saturated rings. The third-order valence-corrected chi connectivity index (χ3v) is 3.44. The number of aliphatic hydroxyl groups is 1. The lowest BCUT2D eigenvalue weighted by Gasteiger charge is -2.39. The number of hydrogen-bond donors (Lipinski definition) is 1. The fraction of sp³-hybridized carbons (Fsp3) is 0.615. The van der Waals surface area contributed by atoms with Crippen LogP contribution in [-0.4, -0.2) is 29.3 Å². The number of nitrogens with zero attached hydrogens (tertiary/aromatic N) is 2. The van der Waals surface area contributed by atoms with Gasteiger partial charge < -0.3 is 10.0 Å². The maximum Gasteiger partial charge on any atom is 0.419 e. The summed E-state index contributed by atoms with van der Waals surface area (Å²) >= 11 is 0. The van der Waals surface area contributed by atoms with Crippen LogP contribution in [0.1, 0.15) is 31.2 Å². The summed E-state index contributed by atoms with van der Waals surface area (Å²) in [5, 5.41) is 8.89. The minimum absolute atomic E-state index is 0.00634. The molecule has 0 amide bonds. The molecule has 0 unspecified atom stereocenters. The molecule has 1 aliphatic carbocycles. The van der Waals surface area contributed by atoms with Gasteiger partial charge in [-0.05, 0) is 37.8 Å². The molecule has 1 aromatic heterocycles. The van der Waals surface area contributed by atoms with Crippen molar-refractivity contribution in [2.75, 3.05) is 18.1 Å². The number of aliphatic hydroxyl groups excluding tert-OH is 1. The Bertz CT molecular complexity index is 419. The van der Waals surface area contributed by atoms with Crippen molar-refractivity contribution >= 4 is 5.82 Å². The molecule has 0 aliphatic heterocycles. The second-order valence-electron chi connectivity index (χ2n) is 4.73.